The van der Waals surface area contributed by atoms with E-state index in [9.17, 15) is 0 Å². The van der Waals surface area contributed by atoms with Crippen LogP contribution in [0.4, 0.5) is 17.1 Å². The molecule has 0 bridgehead atoms. The fraction of sp³-hybridized carbons (Fsp3) is 0.0250. The Morgan fingerprint density at radius 2 is 0.747 bits per heavy atom. The van der Waals surface area contributed by atoms with Crippen LogP contribution in [0.3, 0.4) is 0 Å². The molecule has 0 saturated heterocycles. The van der Waals surface area contributed by atoms with Crippen LogP contribution in [-0.4, -0.2) is 9.13 Å². The normalized spacial score (nSPS) is 15.1. The number of anilines is 3. The van der Waals surface area contributed by atoms with Crippen LogP contribution in [0, 0.1) is 0 Å². The van der Waals surface area contributed by atoms with Crippen molar-refractivity contribution in [1.82, 2.24) is 9.13 Å². The number of fused-ring (bicyclic) bond motifs is 25. The zero-order chi connectivity index (χ0) is 54.1. The molecule has 3 heteroatoms. The SMILES string of the molecule is c1ccc(-n2c3ccccc3c3cc(-c4ccc(N(c5ccc6c(c5)C5(c7ccccc7-6)c6ccccc6-n6c7ccccc7c7cccc5c76)c5cccc6c5-c5ccccc5C65c6ccccc6-c6ccccc65)cc4)ccc32)cc1. The maximum Gasteiger partial charge on any atom is 0.0755 e. The van der Waals surface area contributed by atoms with Crippen LogP contribution < -0.4 is 4.90 Å². The number of hydrogen-bond donors (Lipinski definition) is 0. The minimum Gasteiger partial charge on any atom is -0.310 e. The average Bonchev–Trinajstić information content (AvgIpc) is 1.69. The van der Waals surface area contributed by atoms with Crippen molar-refractivity contribution in [3.63, 3.8) is 0 Å². The van der Waals surface area contributed by atoms with Crippen LogP contribution in [0.5, 0.6) is 0 Å². The summed E-state index contributed by atoms with van der Waals surface area (Å²) in [7, 11) is 0. The first-order valence-corrected chi connectivity index (χ1v) is 29.0. The number of nitrogens with zero attached hydrogens (tertiary/aromatic N) is 3. The summed E-state index contributed by atoms with van der Waals surface area (Å²) in [5.74, 6) is 0. The molecule has 4 aliphatic rings. The molecule has 13 aromatic carbocycles. The maximum atomic E-state index is 2.57. The molecule has 83 heavy (non-hydrogen) atoms. The molecule has 15 aromatic rings. The Kier molecular flexibility index (Phi) is 8.92. The molecule has 1 atom stereocenters. The highest BCUT2D eigenvalue weighted by Gasteiger charge is 2.54. The monoisotopic (exact) mass is 1050 g/mol. The summed E-state index contributed by atoms with van der Waals surface area (Å²) in [6, 6.07) is 112. The average molecular weight is 1050 g/mol. The van der Waals surface area contributed by atoms with Gasteiger partial charge in [-0.25, -0.2) is 0 Å². The van der Waals surface area contributed by atoms with Crippen molar-refractivity contribution in [2.24, 2.45) is 0 Å². The highest BCUT2D eigenvalue weighted by molar-refractivity contribution is 6.14. The molecule has 3 heterocycles. The maximum absolute atomic E-state index is 2.57. The van der Waals surface area contributed by atoms with Crippen molar-refractivity contribution in [2.45, 2.75) is 10.8 Å². The van der Waals surface area contributed by atoms with Crippen molar-refractivity contribution in [3.05, 3.63) is 342 Å². The van der Waals surface area contributed by atoms with Gasteiger partial charge in [0.15, 0.2) is 0 Å². The number of para-hydroxylation sites is 5. The standard InChI is InChI=1S/C80H49N3/c1-2-20-52(21-3-1)82-72-36-15-9-26-60(72)63-48-51(42-47-74(63)82)50-40-43-53(44-41-50)81(76-39-19-34-69-77(76)62-27-7-13-32-67(62)79(69)64-29-10-4-22-55(64)56-23-5-11-30-65(56)79)54-45-46-58-57-24-6-12-31-66(57)80(71(58)49-54)68-33-14-17-38-75(68)83-73-37-16-8-25-59(73)61-28-18-35-70(80)78(61)83/h1-49H. The zero-order valence-electron chi connectivity index (χ0n) is 45.1. The smallest absolute Gasteiger partial charge is 0.0755 e. The van der Waals surface area contributed by atoms with E-state index in [0.717, 1.165) is 22.7 Å². The van der Waals surface area contributed by atoms with E-state index in [4.69, 9.17) is 0 Å². The Balaban J connectivity index is 0.866. The van der Waals surface area contributed by atoms with Crippen molar-refractivity contribution in [2.75, 3.05) is 4.90 Å². The Morgan fingerprint density at radius 3 is 1.46 bits per heavy atom. The third-order valence-corrected chi connectivity index (χ3v) is 19.3. The van der Waals surface area contributed by atoms with Crippen molar-refractivity contribution < 1.29 is 0 Å². The molecular formula is C80H49N3. The fourth-order valence-corrected chi connectivity index (χ4v) is 16.2. The topological polar surface area (TPSA) is 13.1 Å². The first kappa shape index (κ1) is 45.0. The summed E-state index contributed by atoms with van der Waals surface area (Å²) in [5, 5.41) is 5.03. The third kappa shape index (κ3) is 5.64. The van der Waals surface area contributed by atoms with Crippen LogP contribution in [0.1, 0.15) is 44.5 Å². The molecule has 0 radical (unpaired) electrons. The van der Waals surface area contributed by atoms with Gasteiger partial charge in [-0.15, -0.1) is 0 Å². The van der Waals surface area contributed by atoms with E-state index in [1.54, 1.807) is 0 Å². The lowest BCUT2D eigenvalue weighted by molar-refractivity contribution is 0.748. The molecular weight excluding hydrogens is 1000 g/mol. The minimum atomic E-state index is -0.618. The number of benzene rings is 13. The van der Waals surface area contributed by atoms with E-state index in [0.29, 0.717) is 0 Å². The van der Waals surface area contributed by atoms with Gasteiger partial charge in [-0.2, -0.15) is 0 Å². The van der Waals surface area contributed by atoms with Crippen molar-refractivity contribution >= 4 is 60.7 Å². The number of aromatic nitrogens is 2. The molecule has 0 fully saturated rings. The lowest BCUT2D eigenvalue weighted by Crippen LogP contribution is -2.33. The molecule has 384 valence electrons. The predicted molar refractivity (Wildman–Crippen MR) is 342 cm³/mol. The van der Waals surface area contributed by atoms with Gasteiger partial charge in [0.2, 0.25) is 0 Å². The molecule has 3 aliphatic carbocycles. The van der Waals surface area contributed by atoms with Gasteiger partial charge < -0.3 is 14.0 Å². The van der Waals surface area contributed by atoms with Gasteiger partial charge in [-0.1, -0.05) is 224 Å². The van der Waals surface area contributed by atoms with Crippen molar-refractivity contribution in [1.29, 1.82) is 0 Å². The van der Waals surface area contributed by atoms with Gasteiger partial charge in [0.1, 0.15) is 0 Å². The largest absolute Gasteiger partial charge is 0.310 e. The van der Waals surface area contributed by atoms with Gasteiger partial charge >= 0.3 is 0 Å². The summed E-state index contributed by atoms with van der Waals surface area (Å²) in [6.45, 7) is 0. The van der Waals surface area contributed by atoms with Gasteiger partial charge in [0, 0.05) is 44.2 Å². The molecule has 0 N–H and O–H groups in total. The third-order valence-electron chi connectivity index (χ3n) is 19.3. The second kappa shape index (κ2) is 16.4. The fourth-order valence-electron chi connectivity index (χ4n) is 16.2. The Morgan fingerprint density at radius 1 is 0.265 bits per heavy atom. The van der Waals surface area contributed by atoms with Gasteiger partial charge in [-0.3, -0.25) is 0 Å². The van der Waals surface area contributed by atoms with Crippen LogP contribution in [-0.2, 0) is 10.8 Å². The first-order valence-electron chi connectivity index (χ1n) is 29.0. The second-order valence-corrected chi connectivity index (χ2v) is 23.0. The Bertz CT molecular complexity index is 5240. The summed E-state index contributed by atoms with van der Waals surface area (Å²) in [5.41, 5.74) is 30.0. The van der Waals surface area contributed by atoms with Gasteiger partial charge in [-0.05, 0) is 156 Å². The second-order valence-electron chi connectivity index (χ2n) is 23.0. The van der Waals surface area contributed by atoms with E-state index in [1.165, 1.54) is 138 Å². The van der Waals surface area contributed by atoms with E-state index in [-0.39, 0.29) is 0 Å². The quantitative estimate of drug-likeness (QED) is 0.167. The predicted octanol–water partition coefficient (Wildman–Crippen LogP) is 20.0. The zero-order valence-corrected chi connectivity index (χ0v) is 45.1. The van der Waals surface area contributed by atoms with E-state index < -0.39 is 10.8 Å². The van der Waals surface area contributed by atoms with E-state index in [1.807, 2.05) is 0 Å². The van der Waals surface area contributed by atoms with Gasteiger partial charge in [0.05, 0.1) is 44.3 Å². The van der Waals surface area contributed by atoms with Crippen molar-refractivity contribution in [3.8, 4) is 55.9 Å². The lowest BCUT2D eigenvalue weighted by atomic mass is 9.65. The van der Waals surface area contributed by atoms with Crippen LogP contribution in [0.15, 0.2) is 297 Å². The molecule has 19 rings (SSSR count). The molecule has 2 aromatic heterocycles. The van der Waals surface area contributed by atoms with Crippen LogP contribution in [0.25, 0.3) is 99.5 Å². The Hall–Kier alpha value is -10.7. The number of rotatable bonds is 5. The lowest BCUT2D eigenvalue weighted by Gasteiger charge is -2.40. The molecule has 2 spiro atoms. The Labute approximate surface area is 480 Å². The summed E-state index contributed by atoms with van der Waals surface area (Å²) in [4.78, 5) is 2.57. The first-order chi connectivity index (χ1) is 41.2. The van der Waals surface area contributed by atoms with Crippen LogP contribution in [0.2, 0.25) is 0 Å². The summed E-state index contributed by atoms with van der Waals surface area (Å²) in [6.07, 6.45) is 0. The highest BCUT2D eigenvalue weighted by Crippen LogP contribution is 2.66. The molecule has 1 aliphatic heterocycles. The summed E-state index contributed by atoms with van der Waals surface area (Å²) >= 11 is 0. The number of hydrogen-bond acceptors (Lipinski definition) is 1. The minimum absolute atomic E-state index is 0.500. The molecule has 0 saturated carbocycles. The van der Waals surface area contributed by atoms with Crippen LogP contribution >= 0.6 is 0 Å². The van der Waals surface area contributed by atoms with Gasteiger partial charge in [0.25, 0.3) is 0 Å². The molecule has 0 amide bonds. The highest BCUT2D eigenvalue weighted by atomic mass is 15.1. The summed E-state index contributed by atoms with van der Waals surface area (Å²) < 4.78 is 4.93. The molecule has 3 nitrogen and oxygen atoms in total. The molecule has 1 unspecified atom stereocenters. The van der Waals surface area contributed by atoms with E-state index >= 15 is 0 Å². The van der Waals surface area contributed by atoms with E-state index in [2.05, 4.69) is 311 Å².